The zero-order chi connectivity index (χ0) is 17.4. The number of ether oxygens (including phenoxy) is 1. The van der Waals surface area contributed by atoms with E-state index in [1.807, 2.05) is 6.92 Å². The molecule has 2 heterocycles. The van der Waals surface area contributed by atoms with Crippen LogP contribution < -0.4 is 5.32 Å². The van der Waals surface area contributed by atoms with Crippen LogP contribution in [0, 0.1) is 6.92 Å². The standard InChI is InChI=1S/C14H19ClF3N3O2/c1-7(10-5-4-6-23-10)19-13(22)9(3)21-8(2)11(15)12(20-21)14(16,17)18/h7,9-10H,4-6H2,1-3H3,(H,19,22)/t7-,9+,10+/m1/s1. The molecule has 1 aliphatic rings. The Kier molecular flexibility index (Phi) is 5.25. The first-order valence-electron chi connectivity index (χ1n) is 7.36. The Morgan fingerprint density at radius 2 is 2.13 bits per heavy atom. The summed E-state index contributed by atoms with van der Waals surface area (Å²) in [5.41, 5.74) is -1.07. The van der Waals surface area contributed by atoms with E-state index in [2.05, 4.69) is 10.4 Å². The number of aromatic nitrogens is 2. The normalized spacial score (nSPS) is 21.3. The first-order chi connectivity index (χ1) is 10.6. The molecule has 3 atom stereocenters. The lowest BCUT2D eigenvalue weighted by Crippen LogP contribution is -2.43. The van der Waals surface area contributed by atoms with Crippen LogP contribution in [-0.4, -0.2) is 34.4 Å². The quantitative estimate of drug-likeness (QED) is 0.905. The highest BCUT2D eigenvalue weighted by Gasteiger charge is 2.39. The monoisotopic (exact) mass is 353 g/mol. The van der Waals surface area contributed by atoms with E-state index in [0.717, 1.165) is 17.5 Å². The van der Waals surface area contributed by atoms with Crippen molar-refractivity contribution in [1.29, 1.82) is 0 Å². The number of carbonyl (C=O) groups is 1. The number of amides is 1. The van der Waals surface area contributed by atoms with Gasteiger partial charge in [0.15, 0.2) is 5.69 Å². The Bertz CT molecular complexity index is 583. The molecule has 0 aliphatic carbocycles. The lowest BCUT2D eigenvalue weighted by atomic mass is 10.1. The number of nitrogens with zero attached hydrogens (tertiary/aromatic N) is 2. The van der Waals surface area contributed by atoms with E-state index in [4.69, 9.17) is 16.3 Å². The summed E-state index contributed by atoms with van der Waals surface area (Å²) < 4.78 is 45.0. The van der Waals surface area contributed by atoms with E-state index in [1.54, 1.807) is 0 Å². The maximum atomic E-state index is 12.8. The molecular weight excluding hydrogens is 335 g/mol. The average molecular weight is 354 g/mol. The molecule has 9 heteroatoms. The maximum absolute atomic E-state index is 12.8. The molecule has 0 saturated carbocycles. The molecule has 1 amide bonds. The SMILES string of the molecule is Cc1c(Cl)c(C(F)(F)F)nn1[C@@H](C)C(=O)N[C@H](C)[C@@H]1CCCO1. The first kappa shape index (κ1) is 18.1. The number of nitrogens with one attached hydrogen (secondary N) is 1. The van der Waals surface area contributed by atoms with Crippen molar-refractivity contribution in [2.45, 2.75) is 58.0 Å². The van der Waals surface area contributed by atoms with Crippen molar-refractivity contribution in [3.8, 4) is 0 Å². The van der Waals surface area contributed by atoms with Gasteiger partial charge < -0.3 is 10.1 Å². The predicted octanol–water partition coefficient (Wildman–Crippen LogP) is 3.11. The molecule has 1 aromatic rings. The molecule has 0 bridgehead atoms. The van der Waals surface area contributed by atoms with Crippen LogP contribution in [0.3, 0.4) is 0 Å². The van der Waals surface area contributed by atoms with Crippen molar-refractivity contribution in [3.63, 3.8) is 0 Å². The van der Waals surface area contributed by atoms with Crippen LogP contribution in [0.1, 0.15) is 44.1 Å². The van der Waals surface area contributed by atoms with Gasteiger partial charge in [0.25, 0.3) is 0 Å². The van der Waals surface area contributed by atoms with Gasteiger partial charge in [-0.2, -0.15) is 18.3 Å². The fourth-order valence-corrected chi connectivity index (χ4v) is 2.83. The molecule has 0 radical (unpaired) electrons. The third kappa shape index (κ3) is 3.80. The summed E-state index contributed by atoms with van der Waals surface area (Å²) in [5.74, 6) is -0.427. The predicted molar refractivity (Wildman–Crippen MR) is 78.3 cm³/mol. The summed E-state index contributed by atoms with van der Waals surface area (Å²) >= 11 is 5.70. The van der Waals surface area contributed by atoms with E-state index in [0.29, 0.717) is 6.61 Å². The average Bonchev–Trinajstić information content (AvgIpc) is 3.07. The number of hydrogen-bond donors (Lipinski definition) is 1. The molecule has 1 aromatic heterocycles. The highest BCUT2D eigenvalue weighted by molar-refractivity contribution is 6.32. The van der Waals surface area contributed by atoms with Gasteiger partial charge in [-0.1, -0.05) is 11.6 Å². The molecule has 1 N–H and O–H groups in total. The number of rotatable bonds is 4. The largest absolute Gasteiger partial charge is 0.436 e. The van der Waals surface area contributed by atoms with Gasteiger partial charge in [0, 0.05) is 6.61 Å². The van der Waals surface area contributed by atoms with Gasteiger partial charge in [-0.3, -0.25) is 9.48 Å². The van der Waals surface area contributed by atoms with Crippen LogP contribution in [0.5, 0.6) is 0 Å². The van der Waals surface area contributed by atoms with Crippen molar-refractivity contribution in [1.82, 2.24) is 15.1 Å². The minimum Gasteiger partial charge on any atom is -0.376 e. The number of carbonyl (C=O) groups excluding carboxylic acids is 1. The molecule has 5 nitrogen and oxygen atoms in total. The highest BCUT2D eigenvalue weighted by atomic mass is 35.5. The van der Waals surface area contributed by atoms with Crippen LogP contribution in [0.15, 0.2) is 0 Å². The fourth-order valence-electron chi connectivity index (χ4n) is 2.60. The molecule has 2 rings (SSSR count). The van der Waals surface area contributed by atoms with Crippen LogP contribution >= 0.6 is 11.6 Å². The van der Waals surface area contributed by atoms with E-state index in [1.165, 1.54) is 13.8 Å². The van der Waals surface area contributed by atoms with Gasteiger partial charge in [-0.25, -0.2) is 0 Å². The summed E-state index contributed by atoms with van der Waals surface area (Å²) in [6.07, 6.45) is -2.95. The van der Waals surface area contributed by atoms with Crippen LogP contribution in [0.4, 0.5) is 13.2 Å². The summed E-state index contributed by atoms with van der Waals surface area (Å²) in [5, 5.41) is 5.76. The van der Waals surface area contributed by atoms with Crippen molar-refractivity contribution >= 4 is 17.5 Å². The zero-order valence-corrected chi connectivity index (χ0v) is 13.8. The zero-order valence-electron chi connectivity index (χ0n) is 13.1. The fraction of sp³-hybridized carbons (Fsp3) is 0.714. The Hall–Kier alpha value is -1.28. The molecule has 0 aromatic carbocycles. The van der Waals surface area contributed by atoms with Crippen molar-refractivity contribution in [2.24, 2.45) is 0 Å². The molecule has 0 unspecified atom stereocenters. The van der Waals surface area contributed by atoms with E-state index in [-0.39, 0.29) is 17.8 Å². The van der Waals surface area contributed by atoms with Gasteiger partial charge in [0.2, 0.25) is 5.91 Å². The summed E-state index contributed by atoms with van der Waals surface area (Å²) in [6, 6.07) is -1.13. The van der Waals surface area contributed by atoms with Gasteiger partial charge in [-0.05, 0) is 33.6 Å². The minimum absolute atomic E-state index is 0.0702. The first-order valence-corrected chi connectivity index (χ1v) is 7.74. The second-order valence-electron chi connectivity index (χ2n) is 5.72. The van der Waals surface area contributed by atoms with Gasteiger partial charge in [0.05, 0.1) is 22.9 Å². The van der Waals surface area contributed by atoms with Gasteiger partial charge in [0.1, 0.15) is 6.04 Å². The minimum atomic E-state index is -4.66. The second-order valence-corrected chi connectivity index (χ2v) is 6.09. The molecule has 1 saturated heterocycles. The number of halogens is 4. The lowest BCUT2D eigenvalue weighted by molar-refractivity contribution is -0.142. The highest BCUT2D eigenvalue weighted by Crippen LogP contribution is 2.36. The Balaban J connectivity index is 2.13. The smallest absolute Gasteiger partial charge is 0.376 e. The molecule has 130 valence electrons. The third-order valence-corrected chi connectivity index (χ3v) is 4.44. The van der Waals surface area contributed by atoms with E-state index >= 15 is 0 Å². The molecule has 1 aliphatic heterocycles. The van der Waals surface area contributed by atoms with E-state index in [9.17, 15) is 18.0 Å². The Morgan fingerprint density at radius 1 is 1.48 bits per heavy atom. The molecule has 1 fully saturated rings. The second kappa shape index (κ2) is 6.68. The van der Waals surface area contributed by atoms with Crippen LogP contribution in [0.25, 0.3) is 0 Å². The van der Waals surface area contributed by atoms with E-state index < -0.39 is 28.8 Å². The topological polar surface area (TPSA) is 56.2 Å². The summed E-state index contributed by atoms with van der Waals surface area (Å²) in [6.45, 7) is 5.35. The summed E-state index contributed by atoms with van der Waals surface area (Å²) in [4.78, 5) is 12.3. The Morgan fingerprint density at radius 3 is 2.61 bits per heavy atom. The van der Waals surface area contributed by atoms with Crippen LogP contribution in [0.2, 0.25) is 5.02 Å². The Labute approximate surface area is 137 Å². The van der Waals surface area contributed by atoms with Crippen molar-refractivity contribution in [2.75, 3.05) is 6.61 Å². The lowest BCUT2D eigenvalue weighted by Gasteiger charge is -2.22. The molecule has 23 heavy (non-hydrogen) atoms. The number of hydrogen-bond acceptors (Lipinski definition) is 3. The van der Waals surface area contributed by atoms with Gasteiger partial charge >= 0.3 is 6.18 Å². The molecular formula is C14H19ClF3N3O2. The third-order valence-electron chi connectivity index (χ3n) is 3.98. The molecule has 0 spiro atoms. The van der Waals surface area contributed by atoms with Crippen molar-refractivity contribution < 1.29 is 22.7 Å². The summed E-state index contributed by atoms with van der Waals surface area (Å²) in [7, 11) is 0. The van der Waals surface area contributed by atoms with Crippen molar-refractivity contribution in [3.05, 3.63) is 16.4 Å². The number of alkyl halides is 3. The van der Waals surface area contributed by atoms with Crippen LogP contribution in [-0.2, 0) is 15.7 Å². The maximum Gasteiger partial charge on any atom is 0.436 e. The van der Waals surface area contributed by atoms with Gasteiger partial charge in [-0.15, -0.1) is 0 Å².